The van der Waals surface area contributed by atoms with Gasteiger partial charge in [0.15, 0.2) is 0 Å². The number of hydrogen-bond donors (Lipinski definition) is 0. The number of nitrogens with zero attached hydrogens (tertiary/aromatic N) is 7. The van der Waals surface area contributed by atoms with E-state index in [0.29, 0.717) is 18.6 Å². The minimum Gasteiger partial charge on any atom is -0.459 e. The van der Waals surface area contributed by atoms with E-state index in [1.807, 2.05) is 36.4 Å². The highest BCUT2D eigenvalue weighted by Crippen LogP contribution is 2.25. The quantitative estimate of drug-likeness (QED) is 0.568. The highest BCUT2D eigenvalue weighted by molar-refractivity contribution is 5.78. The smallest absolute Gasteiger partial charge is 0.304 e. The molecule has 0 unspecified atom stereocenters. The van der Waals surface area contributed by atoms with Crippen molar-refractivity contribution >= 4 is 11.0 Å². The van der Waals surface area contributed by atoms with Crippen LogP contribution in [0.15, 0.2) is 48.8 Å². The van der Waals surface area contributed by atoms with Gasteiger partial charge in [-0.1, -0.05) is 17.2 Å². The second kappa shape index (κ2) is 5.48. The fourth-order valence-corrected chi connectivity index (χ4v) is 2.34. The van der Waals surface area contributed by atoms with Gasteiger partial charge in [-0.15, -0.1) is 0 Å². The summed E-state index contributed by atoms with van der Waals surface area (Å²) in [5.74, 6) is 0.545. The topological polar surface area (TPSA) is 83.5 Å². The summed E-state index contributed by atoms with van der Waals surface area (Å²) in [6.45, 7) is 0.386. The van der Waals surface area contributed by atoms with E-state index in [0.717, 1.165) is 16.6 Å². The standard InChI is InChI=1S/C15H13N7O/c1-21-14(18-19-20-21)22-13-5-3-2-4-12(13)17-15(22)23-10-11-6-8-16-9-7-11/h2-9H,10H2,1H3. The maximum absolute atomic E-state index is 5.90. The van der Waals surface area contributed by atoms with E-state index >= 15 is 0 Å². The zero-order valence-corrected chi connectivity index (χ0v) is 12.4. The SMILES string of the molecule is Cn1nnnc1-n1c(OCc2ccncc2)nc2ccccc21. The first kappa shape index (κ1) is 13.4. The number of ether oxygens (including phenoxy) is 1. The van der Waals surface area contributed by atoms with E-state index in [2.05, 4.69) is 25.5 Å². The minimum absolute atomic E-state index is 0.386. The zero-order valence-electron chi connectivity index (χ0n) is 12.4. The molecular weight excluding hydrogens is 294 g/mol. The predicted octanol–water partition coefficient (Wildman–Crippen LogP) is 1.52. The van der Waals surface area contributed by atoms with Gasteiger partial charge in [-0.05, 0) is 40.3 Å². The Hall–Kier alpha value is -3.29. The number of aromatic nitrogens is 7. The van der Waals surface area contributed by atoms with Crippen LogP contribution in [0.2, 0.25) is 0 Å². The molecule has 0 saturated heterocycles. The fraction of sp³-hybridized carbons (Fsp3) is 0.133. The Labute approximate surface area is 131 Å². The first-order valence-corrected chi connectivity index (χ1v) is 7.05. The van der Waals surface area contributed by atoms with Crippen LogP contribution in [-0.2, 0) is 13.7 Å². The molecule has 23 heavy (non-hydrogen) atoms. The van der Waals surface area contributed by atoms with Gasteiger partial charge in [0.25, 0.3) is 5.95 Å². The lowest BCUT2D eigenvalue weighted by Crippen LogP contribution is -2.08. The fourth-order valence-electron chi connectivity index (χ4n) is 2.34. The maximum atomic E-state index is 5.90. The van der Waals surface area contributed by atoms with Crippen LogP contribution in [-0.4, -0.2) is 34.7 Å². The molecule has 1 aromatic carbocycles. The van der Waals surface area contributed by atoms with Crippen molar-refractivity contribution in [2.24, 2.45) is 7.05 Å². The summed E-state index contributed by atoms with van der Waals surface area (Å²) in [4.78, 5) is 8.54. The Morgan fingerprint density at radius 3 is 2.70 bits per heavy atom. The number of tetrazole rings is 1. The van der Waals surface area contributed by atoms with Crippen LogP contribution >= 0.6 is 0 Å². The normalized spacial score (nSPS) is 11.0. The van der Waals surface area contributed by atoms with Crippen LogP contribution in [0.25, 0.3) is 17.0 Å². The molecule has 0 aliphatic heterocycles. The molecule has 0 aliphatic carbocycles. The van der Waals surface area contributed by atoms with Crippen LogP contribution in [0.3, 0.4) is 0 Å². The molecule has 8 nitrogen and oxygen atoms in total. The summed E-state index contributed by atoms with van der Waals surface area (Å²) in [6, 6.07) is 12.0. The Bertz CT molecular complexity index is 945. The van der Waals surface area contributed by atoms with E-state index in [9.17, 15) is 0 Å². The predicted molar refractivity (Wildman–Crippen MR) is 82.0 cm³/mol. The van der Waals surface area contributed by atoms with Crippen LogP contribution < -0.4 is 4.74 Å². The summed E-state index contributed by atoms with van der Waals surface area (Å²) in [7, 11) is 1.77. The van der Waals surface area contributed by atoms with E-state index in [1.54, 1.807) is 28.7 Å². The minimum atomic E-state index is 0.386. The van der Waals surface area contributed by atoms with Gasteiger partial charge in [-0.2, -0.15) is 4.98 Å². The number of aryl methyl sites for hydroxylation is 1. The van der Waals surface area contributed by atoms with E-state index < -0.39 is 0 Å². The molecule has 0 radical (unpaired) electrons. The van der Waals surface area contributed by atoms with Crippen molar-refractivity contribution in [1.82, 2.24) is 34.7 Å². The summed E-state index contributed by atoms with van der Waals surface area (Å²) in [5.41, 5.74) is 2.71. The summed E-state index contributed by atoms with van der Waals surface area (Å²) < 4.78 is 9.28. The van der Waals surface area contributed by atoms with Gasteiger partial charge < -0.3 is 4.74 Å². The van der Waals surface area contributed by atoms with Crippen LogP contribution in [0.1, 0.15) is 5.56 Å². The number of rotatable bonds is 4. The Morgan fingerprint density at radius 1 is 1.09 bits per heavy atom. The summed E-state index contributed by atoms with van der Waals surface area (Å²) in [6.07, 6.45) is 3.46. The Balaban J connectivity index is 1.78. The molecule has 3 heterocycles. The third-order valence-corrected chi connectivity index (χ3v) is 3.45. The van der Waals surface area contributed by atoms with Gasteiger partial charge in [0.05, 0.1) is 11.0 Å². The van der Waals surface area contributed by atoms with Crippen molar-refractivity contribution in [2.45, 2.75) is 6.61 Å². The van der Waals surface area contributed by atoms with Gasteiger partial charge in [0.1, 0.15) is 6.61 Å². The molecule has 0 aliphatic rings. The highest BCUT2D eigenvalue weighted by Gasteiger charge is 2.17. The van der Waals surface area contributed by atoms with Gasteiger partial charge in [0, 0.05) is 19.4 Å². The molecule has 0 bridgehead atoms. The monoisotopic (exact) mass is 307 g/mol. The molecule has 114 valence electrons. The summed E-state index contributed by atoms with van der Waals surface area (Å²) >= 11 is 0. The Kier molecular flexibility index (Phi) is 3.19. The average molecular weight is 307 g/mol. The molecule has 8 heteroatoms. The third kappa shape index (κ3) is 2.39. The van der Waals surface area contributed by atoms with Crippen molar-refractivity contribution in [3.05, 3.63) is 54.4 Å². The molecule has 4 rings (SSSR count). The van der Waals surface area contributed by atoms with Crippen molar-refractivity contribution in [3.8, 4) is 12.0 Å². The highest BCUT2D eigenvalue weighted by atomic mass is 16.5. The largest absolute Gasteiger partial charge is 0.459 e. The number of imidazole rings is 1. The molecule has 0 N–H and O–H groups in total. The number of hydrogen-bond acceptors (Lipinski definition) is 6. The molecule has 0 spiro atoms. The summed E-state index contributed by atoms with van der Waals surface area (Å²) in [5, 5.41) is 11.6. The van der Waals surface area contributed by atoms with Crippen LogP contribution in [0.4, 0.5) is 0 Å². The first-order valence-electron chi connectivity index (χ1n) is 7.05. The molecule has 0 atom stereocenters. The number of pyridine rings is 1. The van der Waals surface area contributed by atoms with E-state index in [-0.39, 0.29) is 0 Å². The molecule has 4 aromatic rings. The lowest BCUT2D eigenvalue weighted by atomic mass is 10.3. The third-order valence-electron chi connectivity index (χ3n) is 3.45. The Morgan fingerprint density at radius 2 is 1.91 bits per heavy atom. The second-order valence-electron chi connectivity index (χ2n) is 4.97. The lowest BCUT2D eigenvalue weighted by Gasteiger charge is -2.08. The molecule has 0 saturated carbocycles. The first-order chi connectivity index (χ1) is 11.3. The van der Waals surface area contributed by atoms with Crippen molar-refractivity contribution in [1.29, 1.82) is 0 Å². The van der Waals surface area contributed by atoms with E-state index in [4.69, 9.17) is 4.74 Å². The number of para-hydroxylation sites is 2. The lowest BCUT2D eigenvalue weighted by molar-refractivity contribution is 0.276. The van der Waals surface area contributed by atoms with Crippen molar-refractivity contribution in [2.75, 3.05) is 0 Å². The molecular formula is C15H13N7O. The molecule has 0 fully saturated rings. The van der Waals surface area contributed by atoms with Crippen LogP contribution in [0, 0.1) is 0 Å². The average Bonchev–Trinajstić information content (AvgIpc) is 3.16. The number of benzene rings is 1. The van der Waals surface area contributed by atoms with Crippen molar-refractivity contribution < 1.29 is 4.74 Å². The van der Waals surface area contributed by atoms with Gasteiger partial charge in [0.2, 0.25) is 0 Å². The van der Waals surface area contributed by atoms with E-state index in [1.165, 1.54) is 0 Å². The second-order valence-corrected chi connectivity index (χ2v) is 4.97. The van der Waals surface area contributed by atoms with Gasteiger partial charge >= 0.3 is 6.01 Å². The maximum Gasteiger partial charge on any atom is 0.304 e. The van der Waals surface area contributed by atoms with Gasteiger partial charge in [-0.25, -0.2) is 9.25 Å². The van der Waals surface area contributed by atoms with Gasteiger partial charge in [-0.3, -0.25) is 4.98 Å². The van der Waals surface area contributed by atoms with Crippen molar-refractivity contribution in [3.63, 3.8) is 0 Å². The molecule has 3 aromatic heterocycles. The zero-order chi connectivity index (χ0) is 15.6. The van der Waals surface area contributed by atoms with Crippen LogP contribution in [0.5, 0.6) is 6.01 Å². The molecule has 0 amide bonds. The number of fused-ring (bicyclic) bond motifs is 1.